The normalized spacial score (nSPS) is 11.3. The van der Waals surface area contributed by atoms with Crippen molar-refractivity contribution in [3.8, 4) is 6.07 Å². The van der Waals surface area contributed by atoms with Crippen molar-refractivity contribution in [3.63, 3.8) is 0 Å². The monoisotopic (exact) mass is 329 g/mol. The fourth-order valence-corrected chi connectivity index (χ4v) is 1.86. The first-order chi connectivity index (χ1) is 10.8. The number of rotatable bonds is 8. The van der Waals surface area contributed by atoms with Gasteiger partial charge in [0.2, 0.25) is 5.91 Å². The summed E-state index contributed by atoms with van der Waals surface area (Å²) >= 11 is 0. The summed E-state index contributed by atoms with van der Waals surface area (Å²) in [6, 6.07) is 8.17. The van der Waals surface area contributed by atoms with Crippen molar-refractivity contribution in [2.75, 3.05) is 38.7 Å². The number of methoxy groups -OCH3 is 1. The lowest BCUT2D eigenvalue weighted by atomic mass is 10.2. The minimum Gasteiger partial charge on any atom is -0.383 e. The number of carbonyl (C=O) groups is 1. The zero-order valence-corrected chi connectivity index (χ0v) is 12.7. The molecule has 0 aliphatic heterocycles. The Bertz CT molecular complexity index is 538. The molecule has 1 rings (SSSR count). The minimum atomic E-state index is -4.32. The maximum atomic E-state index is 12.5. The molecule has 1 amide bonds. The first-order valence-electron chi connectivity index (χ1n) is 6.92. The fourth-order valence-electron chi connectivity index (χ4n) is 1.86. The maximum Gasteiger partial charge on any atom is 0.401 e. The van der Waals surface area contributed by atoms with Gasteiger partial charge < -0.3 is 10.1 Å². The highest BCUT2D eigenvalue weighted by Gasteiger charge is 2.30. The van der Waals surface area contributed by atoms with Gasteiger partial charge in [-0.1, -0.05) is 0 Å². The second kappa shape index (κ2) is 9.12. The third-order valence-electron chi connectivity index (χ3n) is 2.97. The quantitative estimate of drug-likeness (QED) is 0.795. The fraction of sp³-hybridized carbons (Fsp3) is 0.467. The Morgan fingerprint density at radius 1 is 1.30 bits per heavy atom. The molecule has 1 aromatic carbocycles. The predicted molar refractivity (Wildman–Crippen MR) is 78.8 cm³/mol. The Morgan fingerprint density at radius 2 is 1.96 bits per heavy atom. The molecule has 8 heteroatoms. The van der Waals surface area contributed by atoms with E-state index in [1.807, 2.05) is 6.07 Å². The number of halogens is 3. The van der Waals surface area contributed by atoms with E-state index in [4.69, 9.17) is 10.00 Å². The summed E-state index contributed by atoms with van der Waals surface area (Å²) in [6.45, 7) is -0.848. The van der Waals surface area contributed by atoms with Gasteiger partial charge in [-0.05, 0) is 24.3 Å². The van der Waals surface area contributed by atoms with E-state index < -0.39 is 12.7 Å². The van der Waals surface area contributed by atoms with Crippen LogP contribution in [0.1, 0.15) is 12.0 Å². The number of hydrogen-bond donors (Lipinski definition) is 1. The van der Waals surface area contributed by atoms with Gasteiger partial charge in [-0.2, -0.15) is 18.4 Å². The summed E-state index contributed by atoms with van der Waals surface area (Å²) in [5, 5.41) is 11.3. The molecule has 1 N–H and O–H groups in total. The molecule has 0 atom stereocenters. The lowest BCUT2D eigenvalue weighted by molar-refractivity contribution is -0.148. The Labute approximate surface area is 132 Å². The molecule has 0 aromatic heterocycles. The van der Waals surface area contributed by atoms with Crippen LogP contribution in [-0.2, 0) is 9.53 Å². The predicted octanol–water partition coefficient (Wildman–Crippen LogP) is 2.40. The molecule has 5 nitrogen and oxygen atoms in total. The van der Waals surface area contributed by atoms with Crippen molar-refractivity contribution in [1.82, 2.24) is 4.90 Å². The zero-order valence-electron chi connectivity index (χ0n) is 12.7. The largest absolute Gasteiger partial charge is 0.401 e. The van der Waals surface area contributed by atoms with E-state index in [9.17, 15) is 18.0 Å². The van der Waals surface area contributed by atoms with E-state index >= 15 is 0 Å². The van der Waals surface area contributed by atoms with Crippen LogP contribution in [0.2, 0.25) is 0 Å². The van der Waals surface area contributed by atoms with Crippen LogP contribution in [0, 0.1) is 11.3 Å². The summed E-state index contributed by atoms with van der Waals surface area (Å²) in [6.07, 6.45) is -4.39. The Kier molecular flexibility index (Phi) is 7.51. The molecule has 0 saturated heterocycles. The van der Waals surface area contributed by atoms with Crippen molar-refractivity contribution in [2.24, 2.45) is 0 Å². The smallest absolute Gasteiger partial charge is 0.383 e. The van der Waals surface area contributed by atoms with Crippen molar-refractivity contribution >= 4 is 11.6 Å². The highest BCUT2D eigenvalue weighted by atomic mass is 19.4. The Balaban J connectivity index is 2.48. The molecule has 0 radical (unpaired) electrons. The van der Waals surface area contributed by atoms with Crippen LogP contribution in [0.4, 0.5) is 18.9 Å². The number of nitriles is 1. The van der Waals surface area contributed by atoms with Gasteiger partial charge in [0.1, 0.15) is 0 Å². The number of nitrogens with one attached hydrogen (secondary N) is 1. The number of anilines is 1. The van der Waals surface area contributed by atoms with Gasteiger partial charge in [-0.25, -0.2) is 0 Å². The molecule has 0 heterocycles. The van der Waals surface area contributed by atoms with Crippen molar-refractivity contribution in [3.05, 3.63) is 29.8 Å². The van der Waals surface area contributed by atoms with E-state index in [0.717, 1.165) is 4.90 Å². The third-order valence-corrected chi connectivity index (χ3v) is 2.97. The first kappa shape index (κ1) is 18.9. The van der Waals surface area contributed by atoms with Gasteiger partial charge in [-0.3, -0.25) is 9.69 Å². The highest BCUT2D eigenvalue weighted by molar-refractivity contribution is 5.90. The summed E-state index contributed by atoms with van der Waals surface area (Å²) in [5.41, 5.74) is 0.951. The number of ether oxygens (including phenoxy) is 1. The van der Waals surface area contributed by atoms with E-state index in [2.05, 4.69) is 5.32 Å². The van der Waals surface area contributed by atoms with Crippen LogP contribution < -0.4 is 5.32 Å². The highest BCUT2D eigenvalue weighted by Crippen LogP contribution is 2.16. The van der Waals surface area contributed by atoms with Gasteiger partial charge in [0.05, 0.1) is 24.8 Å². The zero-order chi connectivity index (χ0) is 17.3. The van der Waals surface area contributed by atoms with Gasteiger partial charge >= 0.3 is 6.18 Å². The van der Waals surface area contributed by atoms with Crippen LogP contribution in [0.15, 0.2) is 24.3 Å². The van der Waals surface area contributed by atoms with Crippen molar-refractivity contribution in [2.45, 2.75) is 12.6 Å². The molecule has 1 aromatic rings. The van der Waals surface area contributed by atoms with E-state index in [0.29, 0.717) is 11.3 Å². The van der Waals surface area contributed by atoms with Crippen LogP contribution in [0.25, 0.3) is 0 Å². The third kappa shape index (κ3) is 8.18. The standard InChI is InChI=1S/C15H18F3N3O2/c1-23-9-8-21(11-15(16,17)18)7-6-14(22)20-13-4-2-12(10-19)3-5-13/h2-5H,6-9,11H2,1H3,(H,20,22). The maximum absolute atomic E-state index is 12.5. The summed E-state index contributed by atoms with van der Waals surface area (Å²) in [4.78, 5) is 12.9. The summed E-state index contributed by atoms with van der Waals surface area (Å²) < 4.78 is 42.2. The number of alkyl halides is 3. The van der Waals surface area contributed by atoms with Gasteiger partial charge in [0.15, 0.2) is 0 Å². The number of benzene rings is 1. The Morgan fingerprint density at radius 3 is 2.48 bits per heavy atom. The molecular weight excluding hydrogens is 311 g/mol. The molecule has 126 valence electrons. The molecule has 0 saturated carbocycles. The molecule has 0 spiro atoms. The number of hydrogen-bond acceptors (Lipinski definition) is 4. The summed E-state index contributed by atoms with van der Waals surface area (Å²) in [7, 11) is 1.41. The van der Waals surface area contributed by atoms with Crippen LogP contribution in [0.3, 0.4) is 0 Å². The SMILES string of the molecule is COCCN(CCC(=O)Nc1ccc(C#N)cc1)CC(F)(F)F. The average Bonchev–Trinajstić information content (AvgIpc) is 2.49. The number of nitrogens with zero attached hydrogens (tertiary/aromatic N) is 2. The minimum absolute atomic E-state index is 0.0228. The average molecular weight is 329 g/mol. The van der Waals surface area contributed by atoms with Gasteiger partial charge in [-0.15, -0.1) is 0 Å². The van der Waals surface area contributed by atoms with E-state index in [1.165, 1.54) is 7.11 Å². The second-order valence-corrected chi connectivity index (χ2v) is 4.87. The Hall–Kier alpha value is -2.11. The van der Waals surface area contributed by atoms with E-state index in [1.54, 1.807) is 24.3 Å². The molecule has 0 unspecified atom stereocenters. The van der Waals surface area contributed by atoms with Gasteiger partial charge in [0.25, 0.3) is 0 Å². The van der Waals surface area contributed by atoms with Crippen LogP contribution in [-0.4, -0.2) is 50.3 Å². The molecule has 0 bridgehead atoms. The van der Waals surface area contributed by atoms with Crippen molar-refractivity contribution < 1.29 is 22.7 Å². The van der Waals surface area contributed by atoms with Crippen molar-refractivity contribution in [1.29, 1.82) is 5.26 Å². The lowest BCUT2D eigenvalue weighted by Gasteiger charge is -2.22. The lowest BCUT2D eigenvalue weighted by Crippen LogP contribution is -2.38. The second-order valence-electron chi connectivity index (χ2n) is 4.87. The van der Waals surface area contributed by atoms with E-state index in [-0.39, 0.29) is 32.0 Å². The number of amides is 1. The molecule has 23 heavy (non-hydrogen) atoms. The molecule has 0 aliphatic rings. The molecule has 0 aliphatic carbocycles. The first-order valence-corrected chi connectivity index (χ1v) is 6.92. The summed E-state index contributed by atoms with van der Waals surface area (Å²) in [5.74, 6) is -0.390. The number of carbonyl (C=O) groups excluding carboxylic acids is 1. The molecular formula is C15H18F3N3O2. The van der Waals surface area contributed by atoms with Crippen LogP contribution >= 0.6 is 0 Å². The van der Waals surface area contributed by atoms with Crippen LogP contribution in [0.5, 0.6) is 0 Å². The molecule has 0 fully saturated rings. The topological polar surface area (TPSA) is 65.4 Å². The van der Waals surface area contributed by atoms with Gasteiger partial charge in [0, 0.05) is 32.3 Å².